The van der Waals surface area contributed by atoms with Crippen LogP contribution in [0.4, 0.5) is 0 Å². The van der Waals surface area contributed by atoms with E-state index in [1.54, 1.807) is 0 Å². The summed E-state index contributed by atoms with van der Waals surface area (Å²) in [5.74, 6) is 0.774. The summed E-state index contributed by atoms with van der Waals surface area (Å²) in [7, 11) is 2.22. The highest BCUT2D eigenvalue weighted by atomic mass is 15.1. The van der Waals surface area contributed by atoms with Crippen LogP contribution in [0.25, 0.3) is 0 Å². The first-order valence-electron chi connectivity index (χ1n) is 7.07. The maximum atomic E-state index is 6.18. The molecular formula is C15H34N2. The fourth-order valence-corrected chi connectivity index (χ4v) is 2.34. The zero-order valence-electron chi connectivity index (χ0n) is 13.1. The number of nitrogens with two attached hydrogens (primary N) is 1. The van der Waals surface area contributed by atoms with E-state index in [1.807, 2.05) is 0 Å². The highest BCUT2D eigenvalue weighted by molar-refractivity contribution is 4.74. The summed E-state index contributed by atoms with van der Waals surface area (Å²) in [6.45, 7) is 14.8. The molecule has 2 atom stereocenters. The minimum absolute atomic E-state index is 0.337. The van der Waals surface area contributed by atoms with Crippen LogP contribution in [0.2, 0.25) is 0 Å². The van der Waals surface area contributed by atoms with Gasteiger partial charge in [0, 0.05) is 12.1 Å². The number of nitrogens with zero attached hydrogens (tertiary/aromatic N) is 1. The van der Waals surface area contributed by atoms with Crippen LogP contribution in [0.3, 0.4) is 0 Å². The minimum Gasteiger partial charge on any atom is -0.328 e. The van der Waals surface area contributed by atoms with Crippen molar-refractivity contribution in [2.24, 2.45) is 17.1 Å². The molecule has 0 aromatic heterocycles. The van der Waals surface area contributed by atoms with Crippen molar-refractivity contribution >= 4 is 0 Å². The van der Waals surface area contributed by atoms with Gasteiger partial charge in [0.15, 0.2) is 0 Å². The maximum absolute atomic E-state index is 6.18. The molecule has 2 N–H and O–H groups in total. The maximum Gasteiger partial charge on any atom is 0.00663 e. The highest BCUT2D eigenvalue weighted by Gasteiger charge is 2.17. The van der Waals surface area contributed by atoms with Gasteiger partial charge in [0.2, 0.25) is 0 Å². The van der Waals surface area contributed by atoms with Crippen LogP contribution in [0.5, 0.6) is 0 Å². The molecule has 0 heterocycles. The Labute approximate surface area is 109 Å². The molecule has 0 aliphatic rings. The number of hydrogen-bond acceptors (Lipinski definition) is 2. The molecule has 0 radical (unpaired) electrons. The van der Waals surface area contributed by atoms with Crippen LogP contribution in [-0.4, -0.2) is 30.6 Å². The van der Waals surface area contributed by atoms with Crippen molar-refractivity contribution < 1.29 is 0 Å². The molecule has 0 saturated carbocycles. The summed E-state index contributed by atoms with van der Waals surface area (Å²) >= 11 is 0. The van der Waals surface area contributed by atoms with E-state index in [0.717, 1.165) is 25.3 Å². The second-order valence-electron chi connectivity index (χ2n) is 7.27. The Morgan fingerprint density at radius 3 is 2.06 bits per heavy atom. The van der Waals surface area contributed by atoms with Crippen LogP contribution in [0.1, 0.15) is 60.8 Å². The Kier molecular flexibility index (Phi) is 7.34. The van der Waals surface area contributed by atoms with E-state index in [2.05, 4.69) is 53.5 Å². The summed E-state index contributed by atoms with van der Waals surface area (Å²) in [5, 5.41) is 0. The van der Waals surface area contributed by atoms with Gasteiger partial charge in [-0.05, 0) is 51.1 Å². The molecule has 0 bridgehead atoms. The third-order valence-electron chi connectivity index (χ3n) is 3.29. The smallest absolute Gasteiger partial charge is 0.00663 e. The second kappa shape index (κ2) is 7.38. The van der Waals surface area contributed by atoms with Crippen LogP contribution in [0, 0.1) is 11.3 Å². The molecule has 0 aliphatic heterocycles. The largest absolute Gasteiger partial charge is 0.328 e. The molecule has 2 unspecified atom stereocenters. The normalized spacial score (nSPS) is 16.6. The lowest BCUT2D eigenvalue weighted by Crippen LogP contribution is -2.35. The van der Waals surface area contributed by atoms with E-state index in [9.17, 15) is 0 Å². The predicted octanol–water partition coefficient (Wildman–Crippen LogP) is 3.51. The molecule has 2 nitrogen and oxygen atoms in total. The fourth-order valence-electron chi connectivity index (χ4n) is 2.34. The van der Waals surface area contributed by atoms with Crippen molar-refractivity contribution in [2.45, 2.75) is 72.9 Å². The summed E-state index contributed by atoms with van der Waals surface area (Å²) in [5.41, 5.74) is 6.53. The van der Waals surface area contributed by atoms with Gasteiger partial charge in [0.25, 0.3) is 0 Å². The topological polar surface area (TPSA) is 29.3 Å². The Morgan fingerprint density at radius 1 is 1.12 bits per heavy atom. The molecule has 17 heavy (non-hydrogen) atoms. The van der Waals surface area contributed by atoms with E-state index in [4.69, 9.17) is 5.73 Å². The summed E-state index contributed by atoms with van der Waals surface area (Å²) in [6.07, 6.45) is 3.49. The zero-order chi connectivity index (χ0) is 13.6. The second-order valence-corrected chi connectivity index (χ2v) is 7.27. The minimum atomic E-state index is 0.337. The van der Waals surface area contributed by atoms with Crippen LogP contribution < -0.4 is 5.73 Å². The molecule has 0 aliphatic carbocycles. The SMILES string of the molecule is CC(C)CC(C)N(C)CCC(N)CC(C)(C)C. The lowest BCUT2D eigenvalue weighted by Gasteiger charge is -2.29. The van der Waals surface area contributed by atoms with E-state index in [1.165, 1.54) is 6.42 Å². The summed E-state index contributed by atoms with van der Waals surface area (Å²) in [4.78, 5) is 2.45. The summed E-state index contributed by atoms with van der Waals surface area (Å²) in [6, 6.07) is 1.00. The first kappa shape index (κ1) is 16.9. The summed E-state index contributed by atoms with van der Waals surface area (Å²) < 4.78 is 0. The van der Waals surface area contributed by atoms with Gasteiger partial charge in [0.05, 0.1) is 0 Å². The first-order chi connectivity index (χ1) is 7.61. The Hall–Kier alpha value is -0.0800. The van der Waals surface area contributed by atoms with Crippen molar-refractivity contribution in [2.75, 3.05) is 13.6 Å². The molecule has 104 valence electrons. The Balaban J connectivity index is 3.86. The van der Waals surface area contributed by atoms with Crippen molar-refractivity contribution in [1.82, 2.24) is 4.90 Å². The predicted molar refractivity (Wildman–Crippen MR) is 78.2 cm³/mol. The molecule has 0 saturated heterocycles. The third kappa shape index (κ3) is 9.61. The van der Waals surface area contributed by atoms with Crippen LogP contribution in [0.15, 0.2) is 0 Å². The highest BCUT2D eigenvalue weighted by Crippen LogP contribution is 2.21. The van der Waals surface area contributed by atoms with Gasteiger partial charge in [-0.3, -0.25) is 0 Å². The van der Waals surface area contributed by atoms with E-state index >= 15 is 0 Å². The van der Waals surface area contributed by atoms with Gasteiger partial charge in [-0.25, -0.2) is 0 Å². The molecular weight excluding hydrogens is 208 g/mol. The lowest BCUT2D eigenvalue weighted by molar-refractivity contribution is 0.213. The third-order valence-corrected chi connectivity index (χ3v) is 3.29. The zero-order valence-corrected chi connectivity index (χ0v) is 13.1. The number of rotatable bonds is 7. The Morgan fingerprint density at radius 2 is 1.65 bits per heavy atom. The van der Waals surface area contributed by atoms with Gasteiger partial charge in [-0.1, -0.05) is 34.6 Å². The van der Waals surface area contributed by atoms with Crippen molar-refractivity contribution in [3.05, 3.63) is 0 Å². The molecule has 0 aromatic rings. The van der Waals surface area contributed by atoms with E-state index in [-0.39, 0.29) is 0 Å². The van der Waals surface area contributed by atoms with Gasteiger partial charge in [0.1, 0.15) is 0 Å². The molecule has 0 aromatic carbocycles. The average Bonchev–Trinajstić information content (AvgIpc) is 2.10. The first-order valence-corrected chi connectivity index (χ1v) is 7.07. The average molecular weight is 242 g/mol. The fraction of sp³-hybridized carbons (Fsp3) is 1.00. The van der Waals surface area contributed by atoms with Gasteiger partial charge in [-0.2, -0.15) is 0 Å². The standard InChI is InChI=1S/C15H34N2/c1-12(2)10-13(3)17(7)9-8-14(16)11-15(4,5)6/h12-14H,8-11,16H2,1-7H3. The van der Waals surface area contributed by atoms with Gasteiger partial charge in [-0.15, -0.1) is 0 Å². The molecule has 0 fully saturated rings. The van der Waals surface area contributed by atoms with Crippen molar-refractivity contribution in [3.63, 3.8) is 0 Å². The Bertz CT molecular complexity index is 194. The molecule has 0 rings (SSSR count). The molecule has 0 amide bonds. The molecule has 0 spiro atoms. The monoisotopic (exact) mass is 242 g/mol. The van der Waals surface area contributed by atoms with E-state index < -0.39 is 0 Å². The molecule has 2 heteroatoms. The van der Waals surface area contributed by atoms with Crippen molar-refractivity contribution in [1.29, 1.82) is 0 Å². The van der Waals surface area contributed by atoms with Gasteiger partial charge < -0.3 is 10.6 Å². The quantitative estimate of drug-likeness (QED) is 0.740. The van der Waals surface area contributed by atoms with Crippen LogP contribution >= 0.6 is 0 Å². The van der Waals surface area contributed by atoms with Crippen molar-refractivity contribution in [3.8, 4) is 0 Å². The van der Waals surface area contributed by atoms with E-state index in [0.29, 0.717) is 17.5 Å². The van der Waals surface area contributed by atoms with Gasteiger partial charge >= 0.3 is 0 Å². The number of hydrogen-bond donors (Lipinski definition) is 1. The lowest BCUT2D eigenvalue weighted by atomic mass is 9.87. The van der Waals surface area contributed by atoms with Crippen LogP contribution in [-0.2, 0) is 0 Å².